The Balaban J connectivity index is 1.93. The lowest BCUT2D eigenvalue weighted by Crippen LogP contribution is -2.31. The van der Waals surface area contributed by atoms with E-state index in [0.29, 0.717) is 16.8 Å². The van der Waals surface area contributed by atoms with Crippen LogP contribution in [0.25, 0.3) is 0 Å². The molecule has 0 radical (unpaired) electrons. The van der Waals surface area contributed by atoms with Gasteiger partial charge in [0.1, 0.15) is 0 Å². The van der Waals surface area contributed by atoms with E-state index in [9.17, 15) is 4.79 Å². The second-order valence-corrected chi connectivity index (χ2v) is 5.22. The summed E-state index contributed by atoms with van der Waals surface area (Å²) in [4.78, 5) is 12.0. The van der Waals surface area contributed by atoms with Crippen LogP contribution in [0.15, 0.2) is 6.20 Å². The Morgan fingerprint density at radius 1 is 1.56 bits per heavy atom. The van der Waals surface area contributed by atoms with Crippen molar-refractivity contribution in [1.82, 2.24) is 15.1 Å². The molecule has 0 aliphatic heterocycles. The molecule has 1 aromatic rings. The number of hydrogen-bond donors (Lipinski definition) is 2. The van der Waals surface area contributed by atoms with Crippen LogP contribution in [0.3, 0.4) is 0 Å². The summed E-state index contributed by atoms with van der Waals surface area (Å²) in [6.07, 6.45) is 6.50. The van der Waals surface area contributed by atoms with Gasteiger partial charge in [-0.15, -0.1) is 0 Å². The lowest BCUT2D eigenvalue weighted by molar-refractivity contribution is 0.0939. The van der Waals surface area contributed by atoms with Crippen LogP contribution in [0.4, 0.5) is 5.69 Å². The quantitative estimate of drug-likeness (QED) is 0.808. The molecule has 0 bridgehead atoms. The number of carbonyl (C=O) groups excluding carboxylic acids is 1. The molecule has 0 spiro atoms. The molecular formula is C13H22N4O. The van der Waals surface area contributed by atoms with Crippen LogP contribution >= 0.6 is 0 Å². The van der Waals surface area contributed by atoms with Gasteiger partial charge in [0.05, 0.1) is 5.69 Å². The summed E-state index contributed by atoms with van der Waals surface area (Å²) in [5, 5.41) is 7.14. The van der Waals surface area contributed by atoms with E-state index in [0.717, 1.165) is 13.1 Å². The highest BCUT2D eigenvalue weighted by atomic mass is 16.2. The predicted octanol–water partition coefficient (Wildman–Crippen LogP) is 1.80. The molecule has 0 saturated heterocycles. The van der Waals surface area contributed by atoms with Crippen molar-refractivity contribution >= 4 is 11.6 Å². The van der Waals surface area contributed by atoms with Crippen LogP contribution in [-0.2, 0) is 6.54 Å². The molecule has 0 aromatic carbocycles. The molecule has 0 atom stereocenters. The van der Waals surface area contributed by atoms with Crippen molar-refractivity contribution in [3.05, 3.63) is 11.9 Å². The minimum atomic E-state index is -0.151. The van der Waals surface area contributed by atoms with E-state index < -0.39 is 0 Å². The number of aromatic nitrogens is 2. The monoisotopic (exact) mass is 250 g/mol. The zero-order chi connectivity index (χ0) is 13.2. The molecule has 1 heterocycles. The van der Waals surface area contributed by atoms with Crippen molar-refractivity contribution in [2.45, 2.75) is 46.1 Å². The number of hydrogen-bond acceptors (Lipinski definition) is 3. The lowest BCUT2D eigenvalue weighted by Gasteiger charge is -2.14. The highest BCUT2D eigenvalue weighted by Crippen LogP contribution is 2.48. The molecule has 1 aliphatic carbocycles. The number of amides is 1. The van der Waals surface area contributed by atoms with Crippen molar-refractivity contribution in [2.75, 3.05) is 12.3 Å². The van der Waals surface area contributed by atoms with Crippen molar-refractivity contribution in [2.24, 2.45) is 5.41 Å². The zero-order valence-electron chi connectivity index (χ0n) is 11.2. The third kappa shape index (κ3) is 2.66. The summed E-state index contributed by atoms with van der Waals surface area (Å²) in [5.41, 5.74) is 6.95. The molecule has 18 heavy (non-hydrogen) atoms. The van der Waals surface area contributed by atoms with Crippen LogP contribution in [0.5, 0.6) is 0 Å². The molecule has 5 nitrogen and oxygen atoms in total. The zero-order valence-corrected chi connectivity index (χ0v) is 11.2. The van der Waals surface area contributed by atoms with E-state index in [1.54, 1.807) is 10.9 Å². The third-order valence-electron chi connectivity index (χ3n) is 3.69. The number of rotatable bonds is 6. The van der Waals surface area contributed by atoms with Crippen LogP contribution in [0.1, 0.15) is 50.0 Å². The third-order valence-corrected chi connectivity index (χ3v) is 3.69. The van der Waals surface area contributed by atoms with Gasteiger partial charge in [-0.05, 0) is 31.6 Å². The Morgan fingerprint density at radius 3 is 2.78 bits per heavy atom. The van der Waals surface area contributed by atoms with Gasteiger partial charge in [0.2, 0.25) is 0 Å². The minimum Gasteiger partial charge on any atom is -0.396 e. The maximum absolute atomic E-state index is 12.0. The van der Waals surface area contributed by atoms with Crippen LogP contribution < -0.4 is 11.1 Å². The molecule has 100 valence electrons. The van der Waals surface area contributed by atoms with E-state index in [1.165, 1.54) is 25.7 Å². The lowest BCUT2D eigenvalue weighted by atomic mass is 10.0. The number of nitrogen functional groups attached to an aromatic ring is 1. The van der Waals surface area contributed by atoms with Gasteiger partial charge in [0, 0.05) is 19.3 Å². The maximum atomic E-state index is 12.0. The van der Waals surface area contributed by atoms with Gasteiger partial charge < -0.3 is 11.1 Å². The summed E-state index contributed by atoms with van der Waals surface area (Å²) in [7, 11) is 0. The largest absolute Gasteiger partial charge is 0.396 e. The predicted molar refractivity (Wildman–Crippen MR) is 71.2 cm³/mol. The number of aryl methyl sites for hydroxylation is 1. The van der Waals surface area contributed by atoms with Crippen LogP contribution in [-0.4, -0.2) is 22.2 Å². The van der Waals surface area contributed by atoms with Gasteiger partial charge in [-0.1, -0.05) is 13.3 Å². The highest BCUT2D eigenvalue weighted by molar-refractivity contribution is 5.97. The highest BCUT2D eigenvalue weighted by Gasteiger charge is 2.41. The molecule has 5 heteroatoms. The van der Waals surface area contributed by atoms with E-state index in [1.807, 2.05) is 6.92 Å². The number of nitrogens with zero attached hydrogens (tertiary/aromatic N) is 2. The Kier molecular flexibility index (Phi) is 3.59. The average Bonchev–Trinajstić information content (AvgIpc) is 3.01. The summed E-state index contributed by atoms with van der Waals surface area (Å²) in [6, 6.07) is 0. The van der Waals surface area contributed by atoms with Crippen molar-refractivity contribution in [3.63, 3.8) is 0 Å². The van der Waals surface area contributed by atoms with Gasteiger partial charge in [-0.25, -0.2) is 0 Å². The fourth-order valence-corrected chi connectivity index (χ4v) is 2.35. The fourth-order valence-electron chi connectivity index (χ4n) is 2.35. The van der Waals surface area contributed by atoms with Crippen LogP contribution in [0, 0.1) is 5.41 Å². The topological polar surface area (TPSA) is 72.9 Å². The number of nitrogens with one attached hydrogen (secondary N) is 1. The Labute approximate surface area is 108 Å². The normalized spacial score (nSPS) is 16.6. The molecule has 1 aromatic heterocycles. The summed E-state index contributed by atoms with van der Waals surface area (Å²) in [5.74, 6) is -0.151. The second-order valence-electron chi connectivity index (χ2n) is 5.22. The summed E-state index contributed by atoms with van der Waals surface area (Å²) in [6.45, 7) is 5.62. The number of anilines is 1. The molecule has 1 saturated carbocycles. The second kappa shape index (κ2) is 5.00. The van der Waals surface area contributed by atoms with E-state index >= 15 is 0 Å². The standard InChI is InChI=1S/C13H22N4O/c1-3-5-13(6-7-13)9-15-12(18)11-10(14)8-17(4-2)16-11/h8H,3-7,9,14H2,1-2H3,(H,15,18). The molecule has 2 rings (SSSR count). The number of nitrogens with two attached hydrogens (primary N) is 1. The SMILES string of the molecule is CCCC1(CNC(=O)c2nn(CC)cc2N)CC1. The molecular weight excluding hydrogens is 228 g/mol. The molecule has 1 aliphatic rings. The summed E-state index contributed by atoms with van der Waals surface area (Å²) >= 11 is 0. The smallest absolute Gasteiger partial charge is 0.273 e. The number of carbonyl (C=O) groups is 1. The van der Waals surface area contributed by atoms with Crippen molar-refractivity contribution in [3.8, 4) is 0 Å². The Hall–Kier alpha value is -1.52. The molecule has 1 amide bonds. The first-order valence-corrected chi connectivity index (χ1v) is 6.71. The van der Waals surface area contributed by atoms with Crippen molar-refractivity contribution < 1.29 is 4.79 Å². The van der Waals surface area contributed by atoms with Gasteiger partial charge >= 0.3 is 0 Å². The summed E-state index contributed by atoms with van der Waals surface area (Å²) < 4.78 is 1.68. The molecule has 3 N–H and O–H groups in total. The first kappa shape index (κ1) is 12.9. The maximum Gasteiger partial charge on any atom is 0.273 e. The first-order valence-electron chi connectivity index (χ1n) is 6.71. The van der Waals surface area contributed by atoms with Gasteiger partial charge in [0.15, 0.2) is 5.69 Å². The van der Waals surface area contributed by atoms with Gasteiger partial charge in [-0.3, -0.25) is 9.48 Å². The first-order chi connectivity index (χ1) is 8.60. The van der Waals surface area contributed by atoms with Crippen molar-refractivity contribution in [1.29, 1.82) is 0 Å². The van der Waals surface area contributed by atoms with Gasteiger partial charge in [-0.2, -0.15) is 5.10 Å². The Morgan fingerprint density at radius 2 is 2.28 bits per heavy atom. The van der Waals surface area contributed by atoms with Crippen LogP contribution in [0.2, 0.25) is 0 Å². The van der Waals surface area contributed by atoms with E-state index in [-0.39, 0.29) is 5.91 Å². The van der Waals surface area contributed by atoms with Gasteiger partial charge in [0.25, 0.3) is 5.91 Å². The fraction of sp³-hybridized carbons (Fsp3) is 0.692. The molecule has 1 fully saturated rings. The Bertz CT molecular complexity index is 434. The van der Waals surface area contributed by atoms with E-state index in [4.69, 9.17) is 5.73 Å². The molecule has 0 unspecified atom stereocenters. The minimum absolute atomic E-state index is 0.151. The van der Waals surface area contributed by atoms with E-state index in [2.05, 4.69) is 17.3 Å². The average molecular weight is 250 g/mol.